The quantitative estimate of drug-likeness (QED) is 0.848. The summed E-state index contributed by atoms with van der Waals surface area (Å²) < 4.78 is 0. The van der Waals surface area contributed by atoms with Crippen LogP contribution in [-0.4, -0.2) is 0 Å². The van der Waals surface area contributed by atoms with Crippen molar-refractivity contribution >= 4 is 11.4 Å². The van der Waals surface area contributed by atoms with Crippen LogP contribution in [0.5, 0.6) is 0 Å². The number of rotatable bonds is 2. The molecule has 17 heavy (non-hydrogen) atoms. The number of nitrogens with zero attached hydrogens (tertiary/aromatic N) is 1. The van der Waals surface area contributed by atoms with Crippen molar-refractivity contribution in [2.75, 3.05) is 5.01 Å². The van der Waals surface area contributed by atoms with Crippen LogP contribution in [0.15, 0.2) is 66.9 Å². The van der Waals surface area contributed by atoms with Crippen LogP contribution in [0.4, 0.5) is 5.69 Å². The van der Waals surface area contributed by atoms with Gasteiger partial charge in [0.2, 0.25) is 0 Å². The molecule has 1 N–H and O–H groups in total. The Balaban J connectivity index is 1.87. The summed E-state index contributed by atoms with van der Waals surface area (Å²) in [6.07, 6.45) is 1.94. The number of hydrogen-bond donors (Lipinski definition) is 1. The lowest BCUT2D eigenvalue weighted by molar-refractivity contribution is 0.180. The average Bonchev–Trinajstić information content (AvgIpc) is 2.90. The van der Waals surface area contributed by atoms with Crippen molar-refractivity contribution in [3.05, 3.63) is 72.4 Å². The molecule has 2 aromatic carbocycles. The molecule has 0 spiro atoms. The first-order chi connectivity index (χ1) is 8.43. The van der Waals surface area contributed by atoms with Crippen LogP contribution < -0.4 is 10.6 Å². The van der Waals surface area contributed by atoms with Gasteiger partial charge in [0.05, 0.1) is 11.9 Å². The summed E-state index contributed by atoms with van der Waals surface area (Å²) in [5, 5.41) is 1.85. The Morgan fingerprint density at radius 3 is 2.18 bits per heavy atom. The van der Waals surface area contributed by atoms with Gasteiger partial charge in [0.15, 0.2) is 5.76 Å². The third kappa shape index (κ3) is 2.00. The SMILES string of the molecule is C1=C(c2ccccc2)ONN1c1ccccc1. The predicted molar refractivity (Wildman–Crippen MR) is 67.6 cm³/mol. The fourth-order valence-corrected chi connectivity index (χ4v) is 1.72. The topological polar surface area (TPSA) is 24.5 Å². The molecule has 0 aromatic heterocycles. The Morgan fingerprint density at radius 1 is 0.824 bits per heavy atom. The minimum atomic E-state index is 0.814. The van der Waals surface area contributed by atoms with Gasteiger partial charge in [-0.1, -0.05) is 54.1 Å². The van der Waals surface area contributed by atoms with E-state index in [4.69, 9.17) is 4.84 Å². The highest BCUT2D eigenvalue weighted by atomic mass is 16.7. The molecule has 0 radical (unpaired) electrons. The van der Waals surface area contributed by atoms with Crippen LogP contribution in [0, 0.1) is 0 Å². The molecule has 0 bridgehead atoms. The Bertz CT molecular complexity index is 522. The highest BCUT2D eigenvalue weighted by Gasteiger charge is 2.15. The van der Waals surface area contributed by atoms with Crippen molar-refractivity contribution in [3.63, 3.8) is 0 Å². The monoisotopic (exact) mass is 224 g/mol. The van der Waals surface area contributed by atoms with Crippen LogP contribution in [0.2, 0.25) is 0 Å². The molecule has 0 saturated carbocycles. The van der Waals surface area contributed by atoms with Crippen molar-refractivity contribution < 1.29 is 4.84 Å². The highest BCUT2D eigenvalue weighted by Crippen LogP contribution is 2.23. The van der Waals surface area contributed by atoms with E-state index in [1.54, 1.807) is 0 Å². The smallest absolute Gasteiger partial charge is 0.174 e. The van der Waals surface area contributed by atoms with E-state index in [-0.39, 0.29) is 0 Å². The van der Waals surface area contributed by atoms with Crippen LogP contribution >= 0.6 is 0 Å². The molecule has 0 fully saturated rings. The molecule has 1 aliphatic rings. The molecule has 0 amide bonds. The summed E-state index contributed by atoms with van der Waals surface area (Å²) >= 11 is 0. The second-order valence-electron chi connectivity index (χ2n) is 3.76. The number of hydrogen-bond acceptors (Lipinski definition) is 3. The fourth-order valence-electron chi connectivity index (χ4n) is 1.72. The zero-order valence-electron chi connectivity index (χ0n) is 9.21. The maximum Gasteiger partial charge on any atom is 0.174 e. The summed E-state index contributed by atoms with van der Waals surface area (Å²) in [5.74, 6) is 0.814. The largest absolute Gasteiger partial charge is 0.386 e. The Labute approximate surface area is 99.9 Å². The number of para-hydroxylation sites is 1. The van der Waals surface area contributed by atoms with E-state index in [9.17, 15) is 0 Å². The van der Waals surface area contributed by atoms with Crippen molar-refractivity contribution in [3.8, 4) is 0 Å². The Morgan fingerprint density at radius 2 is 1.47 bits per heavy atom. The van der Waals surface area contributed by atoms with E-state index < -0.39 is 0 Å². The summed E-state index contributed by atoms with van der Waals surface area (Å²) in [6.45, 7) is 0. The summed E-state index contributed by atoms with van der Waals surface area (Å²) in [6, 6.07) is 20.0. The minimum absolute atomic E-state index is 0.814. The molecule has 0 unspecified atom stereocenters. The van der Waals surface area contributed by atoms with Gasteiger partial charge in [-0.25, -0.2) is 5.01 Å². The standard InChI is InChI=1S/C14H12N2O/c1-3-7-12(8-4-1)14-11-16(15-17-14)13-9-5-2-6-10-13/h1-11,15H. The normalized spacial score (nSPS) is 14.4. The van der Waals surface area contributed by atoms with Crippen molar-refractivity contribution in [2.45, 2.75) is 0 Å². The first kappa shape index (κ1) is 9.93. The highest BCUT2D eigenvalue weighted by molar-refractivity contribution is 5.65. The van der Waals surface area contributed by atoms with Gasteiger partial charge in [-0.15, -0.1) is 0 Å². The molecular weight excluding hydrogens is 212 g/mol. The first-order valence-corrected chi connectivity index (χ1v) is 5.47. The molecule has 0 atom stereocenters. The van der Waals surface area contributed by atoms with Crippen LogP contribution in [-0.2, 0) is 4.84 Å². The van der Waals surface area contributed by atoms with Crippen LogP contribution in [0.3, 0.4) is 0 Å². The number of benzene rings is 2. The van der Waals surface area contributed by atoms with E-state index in [0.29, 0.717) is 0 Å². The molecule has 3 nitrogen and oxygen atoms in total. The minimum Gasteiger partial charge on any atom is -0.386 e. The maximum atomic E-state index is 5.44. The van der Waals surface area contributed by atoms with Gasteiger partial charge in [-0.2, -0.15) is 0 Å². The van der Waals surface area contributed by atoms with Gasteiger partial charge in [0.25, 0.3) is 0 Å². The third-order valence-corrected chi connectivity index (χ3v) is 2.59. The Hall–Kier alpha value is -2.26. The maximum absolute atomic E-state index is 5.44. The summed E-state index contributed by atoms with van der Waals surface area (Å²) in [4.78, 5) is 5.44. The van der Waals surface area contributed by atoms with Gasteiger partial charge < -0.3 is 4.84 Å². The van der Waals surface area contributed by atoms with E-state index >= 15 is 0 Å². The molecule has 1 heterocycles. The molecule has 3 heteroatoms. The van der Waals surface area contributed by atoms with E-state index in [2.05, 4.69) is 5.59 Å². The molecular formula is C14H12N2O. The summed E-state index contributed by atoms with van der Waals surface area (Å²) in [7, 11) is 0. The van der Waals surface area contributed by atoms with Crippen LogP contribution in [0.1, 0.15) is 5.56 Å². The molecule has 0 saturated heterocycles. The first-order valence-electron chi connectivity index (χ1n) is 5.47. The Kier molecular flexibility index (Phi) is 2.52. The molecule has 84 valence electrons. The lowest BCUT2D eigenvalue weighted by atomic mass is 10.2. The van der Waals surface area contributed by atoms with Gasteiger partial charge in [-0.05, 0) is 12.1 Å². The van der Waals surface area contributed by atoms with Gasteiger partial charge in [0.1, 0.15) is 0 Å². The summed E-state index contributed by atoms with van der Waals surface area (Å²) in [5.41, 5.74) is 4.96. The second-order valence-corrected chi connectivity index (χ2v) is 3.76. The van der Waals surface area contributed by atoms with E-state index in [1.165, 1.54) is 0 Å². The lowest BCUT2D eigenvalue weighted by Gasteiger charge is -2.12. The molecule has 0 aliphatic carbocycles. The predicted octanol–water partition coefficient (Wildman–Crippen LogP) is 2.94. The number of nitrogens with one attached hydrogen (secondary N) is 1. The molecule has 2 aromatic rings. The van der Waals surface area contributed by atoms with Crippen molar-refractivity contribution in [2.24, 2.45) is 0 Å². The zero-order valence-corrected chi connectivity index (χ0v) is 9.21. The lowest BCUT2D eigenvalue weighted by Crippen LogP contribution is -2.26. The van der Waals surface area contributed by atoms with E-state index in [0.717, 1.165) is 17.0 Å². The number of anilines is 1. The third-order valence-electron chi connectivity index (χ3n) is 2.59. The fraction of sp³-hybridized carbons (Fsp3) is 0. The number of hydrazine groups is 1. The van der Waals surface area contributed by atoms with Crippen molar-refractivity contribution in [1.82, 2.24) is 5.59 Å². The molecule has 1 aliphatic heterocycles. The van der Waals surface area contributed by atoms with Gasteiger partial charge in [0, 0.05) is 5.56 Å². The van der Waals surface area contributed by atoms with Gasteiger partial charge >= 0.3 is 0 Å². The zero-order chi connectivity index (χ0) is 11.5. The van der Waals surface area contributed by atoms with Crippen LogP contribution in [0.25, 0.3) is 5.76 Å². The second kappa shape index (κ2) is 4.31. The van der Waals surface area contributed by atoms with Crippen molar-refractivity contribution in [1.29, 1.82) is 0 Å². The average molecular weight is 224 g/mol. The molecule has 3 rings (SSSR count). The van der Waals surface area contributed by atoms with E-state index in [1.807, 2.05) is 71.9 Å². The van der Waals surface area contributed by atoms with Gasteiger partial charge in [-0.3, -0.25) is 0 Å².